The summed E-state index contributed by atoms with van der Waals surface area (Å²) in [5.41, 5.74) is 0.377. The van der Waals surface area contributed by atoms with E-state index in [1.165, 1.54) is 13.2 Å². The lowest BCUT2D eigenvalue weighted by Gasteiger charge is -2.26. The van der Waals surface area contributed by atoms with Gasteiger partial charge < -0.3 is 15.2 Å². The highest BCUT2D eigenvalue weighted by Crippen LogP contribution is 2.42. The van der Waals surface area contributed by atoms with Crippen LogP contribution < -0.4 is 10.1 Å². The first-order chi connectivity index (χ1) is 10.0. The van der Waals surface area contributed by atoms with E-state index in [1.54, 1.807) is 12.1 Å². The van der Waals surface area contributed by atoms with Crippen LogP contribution in [0.2, 0.25) is 0 Å². The second-order valence-corrected chi connectivity index (χ2v) is 5.52. The maximum absolute atomic E-state index is 12.5. The first kappa shape index (κ1) is 15.4. The molecule has 21 heavy (non-hydrogen) atoms. The van der Waals surface area contributed by atoms with E-state index in [2.05, 4.69) is 5.32 Å². The van der Waals surface area contributed by atoms with Crippen molar-refractivity contribution in [2.75, 3.05) is 12.4 Å². The minimum Gasteiger partial charge on any atom is -0.496 e. The Kier molecular flexibility index (Phi) is 4.50. The second kappa shape index (κ2) is 6.16. The number of nitrogens with one attached hydrogen (secondary N) is 1. The zero-order valence-electron chi connectivity index (χ0n) is 12.4. The zero-order chi connectivity index (χ0) is 15.5. The highest BCUT2D eigenvalue weighted by atomic mass is 16.5. The van der Waals surface area contributed by atoms with E-state index >= 15 is 0 Å². The maximum Gasteiger partial charge on any atom is 0.339 e. The van der Waals surface area contributed by atoms with E-state index in [0.29, 0.717) is 5.69 Å². The van der Waals surface area contributed by atoms with Gasteiger partial charge in [0, 0.05) is 17.2 Å². The monoisotopic (exact) mass is 291 g/mol. The third kappa shape index (κ3) is 3.01. The summed E-state index contributed by atoms with van der Waals surface area (Å²) in [4.78, 5) is 23.6. The van der Waals surface area contributed by atoms with Gasteiger partial charge in [0.05, 0.1) is 7.11 Å². The van der Waals surface area contributed by atoms with Crippen LogP contribution in [0.5, 0.6) is 5.75 Å². The first-order valence-electron chi connectivity index (χ1n) is 7.25. The molecule has 0 aliphatic heterocycles. The molecule has 0 bridgehead atoms. The van der Waals surface area contributed by atoms with Crippen molar-refractivity contribution in [1.82, 2.24) is 0 Å². The van der Waals surface area contributed by atoms with Crippen LogP contribution >= 0.6 is 0 Å². The summed E-state index contributed by atoms with van der Waals surface area (Å²) < 4.78 is 5.07. The molecule has 2 rings (SSSR count). The maximum atomic E-state index is 12.5. The van der Waals surface area contributed by atoms with Crippen LogP contribution in [0.4, 0.5) is 5.69 Å². The molecule has 5 nitrogen and oxygen atoms in total. The summed E-state index contributed by atoms with van der Waals surface area (Å²) in [6.07, 6.45) is 4.83. The molecule has 1 fully saturated rings. The lowest BCUT2D eigenvalue weighted by molar-refractivity contribution is -0.125. The molecular formula is C16H21NO4. The summed E-state index contributed by atoms with van der Waals surface area (Å²) in [5.74, 6) is -0.782. The summed E-state index contributed by atoms with van der Waals surface area (Å²) in [5, 5.41) is 12.0. The van der Waals surface area contributed by atoms with Gasteiger partial charge in [0.2, 0.25) is 5.91 Å². The quantitative estimate of drug-likeness (QED) is 0.872. The molecule has 1 amide bonds. The fraction of sp³-hybridized carbons (Fsp3) is 0.500. The Bertz CT molecular complexity index is 547. The Morgan fingerprint density at radius 3 is 2.52 bits per heavy atom. The number of benzene rings is 1. The number of hydrogen-bond donors (Lipinski definition) is 2. The van der Waals surface area contributed by atoms with Crippen LogP contribution in [0, 0.1) is 5.41 Å². The SMILES string of the molecule is CCC1(C(=O)Nc2ccc(C(=O)O)c(OC)c2)CCCC1. The fourth-order valence-corrected chi connectivity index (χ4v) is 3.00. The number of anilines is 1. The summed E-state index contributed by atoms with van der Waals surface area (Å²) >= 11 is 0. The number of hydrogen-bond acceptors (Lipinski definition) is 3. The number of carboxylic acids is 1. The van der Waals surface area contributed by atoms with E-state index in [1.807, 2.05) is 6.92 Å². The Labute approximate surface area is 124 Å². The molecule has 1 aliphatic carbocycles. The molecule has 5 heteroatoms. The molecule has 114 valence electrons. The summed E-state index contributed by atoms with van der Waals surface area (Å²) in [6, 6.07) is 4.60. The Hall–Kier alpha value is -2.04. The summed E-state index contributed by atoms with van der Waals surface area (Å²) in [6.45, 7) is 2.04. The lowest BCUT2D eigenvalue weighted by atomic mass is 9.82. The van der Waals surface area contributed by atoms with Crippen molar-refractivity contribution in [3.8, 4) is 5.75 Å². The first-order valence-corrected chi connectivity index (χ1v) is 7.25. The number of carbonyl (C=O) groups is 2. The second-order valence-electron chi connectivity index (χ2n) is 5.52. The van der Waals surface area contributed by atoms with Gasteiger partial charge >= 0.3 is 5.97 Å². The van der Waals surface area contributed by atoms with Gasteiger partial charge in [-0.25, -0.2) is 4.79 Å². The van der Waals surface area contributed by atoms with Crippen LogP contribution in [-0.4, -0.2) is 24.1 Å². The topological polar surface area (TPSA) is 75.6 Å². The van der Waals surface area contributed by atoms with Crippen LogP contribution in [0.15, 0.2) is 18.2 Å². The van der Waals surface area contributed by atoms with Gasteiger partial charge in [-0.2, -0.15) is 0 Å². The number of carboxylic acid groups (broad SMARTS) is 1. The molecule has 2 N–H and O–H groups in total. The van der Waals surface area contributed by atoms with Crippen LogP contribution in [0.25, 0.3) is 0 Å². The predicted molar refractivity (Wildman–Crippen MR) is 79.8 cm³/mol. The third-order valence-electron chi connectivity index (χ3n) is 4.41. The van der Waals surface area contributed by atoms with Crippen LogP contribution in [-0.2, 0) is 4.79 Å². The number of amides is 1. The van der Waals surface area contributed by atoms with Gasteiger partial charge in [-0.3, -0.25) is 4.79 Å². The molecule has 0 heterocycles. The van der Waals surface area contributed by atoms with Crippen molar-refractivity contribution in [3.63, 3.8) is 0 Å². The molecule has 0 aromatic heterocycles. The number of methoxy groups -OCH3 is 1. The van der Waals surface area contributed by atoms with E-state index in [9.17, 15) is 9.59 Å². The average molecular weight is 291 g/mol. The normalized spacial score (nSPS) is 16.5. The van der Waals surface area contributed by atoms with Crippen molar-refractivity contribution in [2.24, 2.45) is 5.41 Å². The molecule has 0 atom stereocenters. The van der Waals surface area contributed by atoms with E-state index in [-0.39, 0.29) is 22.6 Å². The van der Waals surface area contributed by atoms with Crippen molar-refractivity contribution in [1.29, 1.82) is 0 Å². The highest BCUT2D eigenvalue weighted by Gasteiger charge is 2.39. The molecular weight excluding hydrogens is 270 g/mol. The predicted octanol–water partition coefficient (Wildman–Crippen LogP) is 3.30. The van der Waals surface area contributed by atoms with Gasteiger partial charge in [-0.05, 0) is 31.4 Å². The molecule has 1 saturated carbocycles. The van der Waals surface area contributed by atoms with Gasteiger partial charge in [0.25, 0.3) is 0 Å². The standard InChI is InChI=1S/C16H21NO4/c1-3-16(8-4-5-9-16)15(20)17-11-6-7-12(14(18)19)13(10-11)21-2/h6-7,10H,3-5,8-9H2,1-2H3,(H,17,20)(H,18,19). The molecule has 1 aromatic rings. The smallest absolute Gasteiger partial charge is 0.339 e. The Balaban J connectivity index is 2.19. The van der Waals surface area contributed by atoms with E-state index in [0.717, 1.165) is 32.1 Å². The molecule has 0 radical (unpaired) electrons. The van der Waals surface area contributed by atoms with Gasteiger partial charge in [0.15, 0.2) is 0 Å². The van der Waals surface area contributed by atoms with Crippen molar-refractivity contribution in [2.45, 2.75) is 39.0 Å². The van der Waals surface area contributed by atoms with E-state index < -0.39 is 5.97 Å². The van der Waals surface area contributed by atoms with Crippen molar-refractivity contribution < 1.29 is 19.4 Å². The number of aromatic carboxylic acids is 1. The zero-order valence-corrected chi connectivity index (χ0v) is 12.4. The Morgan fingerprint density at radius 1 is 1.33 bits per heavy atom. The van der Waals surface area contributed by atoms with Crippen molar-refractivity contribution >= 4 is 17.6 Å². The van der Waals surface area contributed by atoms with Gasteiger partial charge in [-0.1, -0.05) is 19.8 Å². The number of rotatable bonds is 5. The Morgan fingerprint density at radius 2 is 2.00 bits per heavy atom. The average Bonchev–Trinajstić information content (AvgIpc) is 2.97. The van der Waals surface area contributed by atoms with Gasteiger partial charge in [-0.15, -0.1) is 0 Å². The number of ether oxygens (including phenoxy) is 1. The van der Waals surface area contributed by atoms with E-state index in [4.69, 9.17) is 9.84 Å². The van der Waals surface area contributed by atoms with Gasteiger partial charge in [0.1, 0.15) is 11.3 Å². The molecule has 1 aliphatic rings. The van der Waals surface area contributed by atoms with Crippen LogP contribution in [0.3, 0.4) is 0 Å². The highest BCUT2D eigenvalue weighted by molar-refractivity contribution is 5.97. The largest absolute Gasteiger partial charge is 0.496 e. The summed E-state index contributed by atoms with van der Waals surface area (Å²) in [7, 11) is 1.41. The minimum atomic E-state index is -1.05. The van der Waals surface area contributed by atoms with Crippen LogP contribution in [0.1, 0.15) is 49.4 Å². The fourth-order valence-electron chi connectivity index (χ4n) is 3.00. The molecule has 1 aromatic carbocycles. The minimum absolute atomic E-state index is 0.0210. The molecule has 0 saturated heterocycles. The molecule has 0 spiro atoms. The lowest BCUT2D eigenvalue weighted by Crippen LogP contribution is -2.33. The van der Waals surface area contributed by atoms with Crippen molar-refractivity contribution in [3.05, 3.63) is 23.8 Å². The molecule has 0 unspecified atom stereocenters. The third-order valence-corrected chi connectivity index (χ3v) is 4.41. The number of carbonyl (C=O) groups excluding carboxylic acids is 1.